The summed E-state index contributed by atoms with van der Waals surface area (Å²) >= 11 is 0. The number of aromatic nitrogens is 1. The first-order valence-corrected chi connectivity index (χ1v) is 8.95. The number of carbonyl (C=O) groups excluding carboxylic acids is 3. The third kappa shape index (κ3) is 3.36. The van der Waals surface area contributed by atoms with Gasteiger partial charge in [0, 0.05) is 25.5 Å². The van der Waals surface area contributed by atoms with E-state index >= 15 is 0 Å². The minimum Gasteiger partial charge on any atom is -0.383 e. The number of rotatable bonds is 5. The van der Waals surface area contributed by atoms with Crippen molar-refractivity contribution in [2.45, 2.75) is 13.8 Å². The molecule has 1 saturated heterocycles. The van der Waals surface area contributed by atoms with Crippen LogP contribution in [0.1, 0.15) is 17.0 Å². The first-order chi connectivity index (χ1) is 13.4. The second-order valence-electron chi connectivity index (χ2n) is 6.65. The lowest BCUT2D eigenvalue weighted by atomic mass is 10.1. The van der Waals surface area contributed by atoms with Crippen LogP contribution in [0.5, 0.6) is 0 Å². The van der Waals surface area contributed by atoms with Crippen molar-refractivity contribution in [2.24, 2.45) is 7.05 Å². The van der Waals surface area contributed by atoms with Crippen LogP contribution in [-0.4, -0.2) is 47.6 Å². The number of anilines is 1. The van der Waals surface area contributed by atoms with E-state index in [0.717, 1.165) is 26.8 Å². The minimum atomic E-state index is -0.670. The van der Waals surface area contributed by atoms with Crippen molar-refractivity contribution in [3.63, 3.8) is 0 Å². The molecule has 0 spiro atoms. The molecule has 4 amide bonds. The lowest BCUT2D eigenvalue weighted by Gasteiger charge is -2.33. The van der Waals surface area contributed by atoms with Gasteiger partial charge in [-0.05, 0) is 43.7 Å². The van der Waals surface area contributed by atoms with Gasteiger partial charge in [-0.25, -0.2) is 9.69 Å². The lowest BCUT2D eigenvalue weighted by molar-refractivity contribution is -0.129. The van der Waals surface area contributed by atoms with Gasteiger partial charge < -0.3 is 9.30 Å². The molecule has 2 heterocycles. The minimum absolute atomic E-state index is 0.0479. The highest BCUT2D eigenvalue weighted by atomic mass is 16.5. The van der Waals surface area contributed by atoms with Crippen molar-refractivity contribution in [3.8, 4) is 0 Å². The number of para-hydroxylation sites is 1. The maximum Gasteiger partial charge on any atom is 0.338 e. The SMILES string of the molecule is COCCN1C(=O)/C(=C/c2cc(C)n(C)c2C)C(=O)N(c2ccccc2)C1=O. The van der Waals surface area contributed by atoms with Crippen LogP contribution in [0.15, 0.2) is 42.0 Å². The van der Waals surface area contributed by atoms with Crippen LogP contribution in [-0.2, 0) is 21.4 Å². The Kier molecular flexibility index (Phi) is 5.46. The maximum atomic E-state index is 13.1. The van der Waals surface area contributed by atoms with E-state index in [9.17, 15) is 14.4 Å². The van der Waals surface area contributed by atoms with E-state index < -0.39 is 17.8 Å². The quantitative estimate of drug-likeness (QED) is 0.590. The molecule has 1 aliphatic rings. The average Bonchev–Trinajstić information content (AvgIpc) is 2.93. The van der Waals surface area contributed by atoms with Gasteiger partial charge >= 0.3 is 6.03 Å². The number of amides is 4. The van der Waals surface area contributed by atoms with Crippen LogP contribution in [0, 0.1) is 13.8 Å². The van der Waals surface area contributed by atoms with Crippen LogP contribution in [0.3, 0.4) is 0 Å². The number of nitrogens with zero attached hydrogens (tertiary/aromatic N) is 3. The van der Waals surface area contributed by atoms with Gasteiger partial charge in [-0.15, -0.1) is 0 Å². The number of imide groups is 2. The fourth-order valence-electron chi connectivity index (χ4n) is 3.15. The Morgan fingerprint density at radius 3 is 2.29 bits per heavy atom. The summed E-state index contributed by atoms with van der Waals surface area (Å²) in [5.74, 6) is -1.24. The molecule has 28 heavy (non-hydrogen) atoms. The first-order valence-electron chi connectivity index (χ1n) is 8.95. The van der Waals surface area contributed by atoms with Gasteiger partial charge in [0.1, 0.15) is 5.57 Å². The number of urea groups is 1. The average molecular weight is 381 g/mol. The topological polar surface area (TPSA) is 71.8 Å². The molecule has 0 bridgehead atoms. The van der Waals surface area contributed by atoms with Gasteiger partial charge in [0.25, 0.3) is 11.8 Å². The summed E-state index contributed by atoms with van der Waals surface area (Å²) in [6, 6.07) is 9.83. The predicted molar refractivity (Wildman–Crippen MR) is 106 cm³/mol. The number of barbiturate groups is 1. The van der Waals surface area contributed by atoms with Gasteiger partial charge in [-0.2, -0.15) is 0 Å². The van der Waals surface area contributed by atoms with Crippen LogP contribution in [0.2, 0.25) is 0 Å². The van der Waals surface area contributed by atoms with Crippen molar-refractivity contribution in [3.05, 3.63) is 58.9 Å². The largest absolute Gasteiger partial charge is 0.383 e. The Balaban J connectivity index is 2.10. The third-order valence-corrected chi connectivity index (χ3v) is 4.98. The molecule has 0 aliphatic carbocycles. The Labute approximate surface area is 163 Å². The molecule has 0 saturated carbocycles. The summed E-state index contributed by atoms with van der Waals surface area (Å²) in [6.45, 7) is 4.12. The standard InChI is InChI=1S/C21H23N3O4/c1-14-12-16(15(2)22(14)3)13-18-19(25)23(10-11-28-4)21(27)24(20(18)26)17-8-6-5-7-9-17/h5-9,12-13H,10-11H2,1-4H3/b18-13-. The third-order valence-electron chi connectivity index (χ3n) is 4.98. The normalized spacial score (nSPS) is 16.4. The van der Waals surface area contributed by atoms with Crippen molar-refractivity contribution in [1.82, 2.24) is 9.47 Å². The van der Waals surface area contributed by atoms with E-state index in [4.69, 9.17) is 4.74 Å². The highest BCUT2D eigenvalue weighted by Gasteiger charge is 2.42. The number of benzene rings is 1. The van der Waals surface area contributed by atoms with Gasteiger partial charge in [0.15, 0.2) is 0 Å². The van der Waals surface area contributed by atoms with Gasteiger partial charge in [0.2, 0.25) is 0 Å². The zero-order valence-corrected chi connectivity index (χ0v) is 16.4. The molecule has 3 rings (SSSR count). The molecule has 1 aromatic carbocycles. The second-order valence-corrected chi connectivity index (χ2v) is 6.65. The highest BCUT2D eigenvalue weighted by Crippen LogP contribution is 2.27. The molecular formula is C21H23N3O4. The Morgan fingerprint density at radius 1 is 1.04 bits per heavy atom. The van der Waals surface area contributed by atoms with Gasteiger partial charge in [-0.3, -0.25) is 14.5 Å². The van der Waals surface area contributed by atoms with Crippen LogP contribution in [0.25, 0.3) is 6.08 Å². The van der Waals surface area contributed by atoms with E-state index in [0.29, 0.717) is 5.69 Å². The van der Waals surface area contributed by atoms with Crippen LogP contribution < -0.4 is 4.90 Å². The number of aryl methyl sites for hydroxylation is 1. The van der Waals surface area contributed by atoms with Gasteiger partial charge in [-0.1, -0.05) is 18.2 Å². The molecule has 0 atom stereocenters. The number of hydrogen-bond donors (Lipinski definition) is 0. The molecule has 7 nitrogen and oxygen atoms in total. The number of ether oxygens (including phenoxy) is 1. The van der Waals surface area contributed by atoms with E-state index in [1.807, 2.05) is 31.5 Å². The Hall–Kier alpha value is -3.19. The molecule has 0 unspecified atom stereocenters. The van der Waals surface area contributed by atoms with Crippen molar-refractivity contribution < 1.29 is 19.1 Å². The van der Waals surface area contributed by atoms with Crippen molar-refractivity contribution >= 4 is 29.6 Å². The summed E-state index contributed by atoms with van der Waals surface area (Å²) in [4.78, 5) is 41.1. The van der Waals surface area contributed by atoms with Crippen molar-refractivity contribution in [2.75, 3.05) is 25.2 Å². The molecule has 0 radical (unpaired) electrons. The molecule has 2 aromatic rings. The summed E-state index contributed by atoms with van der Waals surface area (Å²) < 4.78 is 7.01. The summed E-state index contributed by atoms with van der Waals surface area (Å²) in [6.07, 6.45) is 1.56. The monoisotopic (exact) mass is 381 g/mol. The molecule has 7 heteroatoms. The lowest BCUT2D eigenvalue weighted by Crippen LogP contribution is -2.57. The van der Waals surface area contributed by atoms with Gasteiger partial charge in [0.05, 0.1) is 18.8 Å². The molecule has 0 N–H and O–H groups in total. The maximum absolute atomic E-state index is 13.1. The van der Waals surface area contributed by atoms with Crippen LogP contribution >= 0.6 is 0 Å². The number of carbonyl (C=O) groups is 3. The zero-order valence-electron chi connectivity index (χ0n) is 16.4. The predicted octanol–water partition coefficient (Wildman–Crippen LogP) is 2.67. The van der Waals surface area contributed by atoms with E-state index in [2.05, 4.69) is 0 Å². The first kappa shape index (κ1) is 19.6. The number of hydrogen-bond acceptors (Lipinski definition) is 4. The van der Waals surface area contributed by atoms with Crippen LogP contribution in [0.4, 0.5) is 10.5 Å². The zero-order chi connectivity index (χ0) is 20.4. The van der Waals surface area contributed by atoms with Crippen molar-refractivity contribution in [1.29, 1.82) is 0 Å². The Bertz CT molecular complexity index is 960. The molecule has 1 fully saturated rings. The van der Waals surface area contributed by atoms with E-state index in [1.54, 1.807) is 36.4 Å². The van der Waals surface area contributed by atoms with E-state index in [1.165, 1.54) is 7.11 Å². The molecule has 146 valence electrons. The highest BCUT2D eigenvalue weighted by molar-refractivity contribution is 6.39. The summed E-state index contributed by atoms with van der Waals surface area (Å²) in [5.41, 5.74) is 3.07. The number of methoxy groups -OCH3 is 1. The Morgan fingerprint density at radius 2 is 1.71 bits per heavy atom. The summed E-state index contributed by atoms with van der Waals surface area (Å²) in [7, 11) is 3.41. The fraction of sp³-hybridized carbons (Fsp3) is 0.286. The smallest absolute Gasteiger partial charge is 0.338 e. The van der Waals surface area contributed by atoms with E-state index in [-0.39, 0.29) is 18.7 Å². The molecule has 1 aliphatic heterocycles. The summed E-state index contributed by atoms with van der Waals surface area (Å²) in [5, 5.41) is 0. The molecular weight excluding hydrogens is 358 g/mol. The fourth-order valence-corrected chi connectivity index (χ4v) is 3.15. The molecule has 1 aromatic heterocycles. The second kappa shape index (κ2) is 7.82.